The molecule has 0 spiro atoms. The lowest BCUT2D eigenvalue weighted by Gasteiger charge is -2.04. The molecule has 0 amide bonds. The summed E-state index contributed by atoms with van der Waals surface area (Å²) in [6.07, 6.45) is 3.77. The summed E-state index contributed by atoms with van der Waals surface area (Å²) in [5, 5.41) is 8.27. The average molecular weight is 295 g/mol. The molecule has 0 aliphatic carbocycles. The Hall–Kier alpha value is -1.20. The van der Waals surface area contributed by atoms with E-state index in [4.69, 9.17) is 5.73 Å². The Morgan fingerprint density at radius 1 is 1.41 bits per heavy atom. The Kier molecular flexibility index (Phi) is 3.91. The van der Waals surface area contributed by atoms with Crippen molar-refractivity contribution in [2.24, 2.45) is 5.73 Å². The molecule has 90 valence electrons. The maximum absolute atomic E-state index is 5.48. The number of benzene rings is 1. The van der Waals surface area contributed by atoms with Crippen molar-refractivity contribution in [3.8, 4) is 5.69 Å². The number of halogens is 1. The van der Waals surface area contributed by atoms with E-state index < -0.39 is 0 Å². The van der Waals surface area contributed by atoms with Gasteiger partial charge in [0.25, 0.3) is 0 Å². The minimum atomic E-state index is 0.682. The largest absolute Gasteiger partial charge is 0.330 e. The van der Waals surface area contributed by atoms with E-state index in [1.165, 1.54) is 5.56 Å². The van der Waals surface area contributed by atoms with Crippen LogP contribution in [0, 0.1) is 6.92 Å². The monoisotopic (exact) mass is 294 g/mol. The summed E-state index contributed by atoms with van der Waals surface area (Å²) in [6, 6.07) is 6.15. The molecule has 0 aliphatic heterocycles. The third-order valence-electron chi connectivity index (χ3n) is 2.53. The van der Waals surface area contributed by atoms with Gasteiger partial charge in [-0.3, -0.25) is 0 Å². The average Bonchev–Trinajstić information content (AvgIpc) is 2.78. The first-order valence-electron chi connectivity index (χ1n) is 5.58. The molecule has 0 saturated heterocycles. The number of hydrogen-bond acceptors (Lipinski definition) is 3. The second-order valence-electron chi connectivity index (χ2n) is 4.00. The summed E-state index contributed by atoms with van der Waals surface area (Å²) in [5.74, 6) is 0. The molecule has 1 heterocycles. The zero-order valence-corrected chi connectivity index (χ0v) is 11.3. The van der Waals surface area contributed by atoms with Crippen molar-refractivity contribution < 1.29 is 0 Å². The molecule has 0 aliphatic rings. The molecule has 17 heavy (non-hydrogen) atoms. The van der Waals surface area contributed by atoms with Gasteiger partial charge in [-0.15, -0.1) is 5.10 Å². The molecule has 1 aromatic heterocycles. The fraction of sp³-hybridized carbons (Fsp3) is 0.333. The minimum Gasteiger partial charge on any atom is -0.330 e. The summed E-state index contributed by atoms with van der Waals surface area (Å²) in [7, 11) is 0. The van der Waals surface area contributed by atoms with Crippen LogP contribution in [0.25, 0.3) is 5.69 Å². The second kappa shape index (κ2) is 5.42. The fourth-order valence-electron chi connectivity index (χ4n) is 1.61. The highest BCUT2D eigenvalue weighted by Crippen LogP contribution is 2.21. The minimum absolute atomic E-state index is 0.682. The molecular weight excluding hydrogens is 280 g/mol. The number of nitrogens with two attached hydrogens (primary N) is 1. The highest BCUT2D eigenvalue weighted by molar-refractivity contribution is 9.10. The Labute approximate surface area is 109 Å². The zero-order valence-electron chi connectivity index (χ0n) is 9.73. The van der Waals surface area contributed by atoms with Crippen molar-refractivity contribution in [2.45, 2.75) is 19.8 Å². The summed E-state index contributed by atoms with van der Waals surface area (Å²) in [4.78, 5) is 0. The van der Waals surface area contributed by atoms with E-state index in [0.29, 0.717) is 6.54 Å². The quantitative estimate of drug-likeness (QED) is 0.941. The first-order valence-corrected chi connectivity index (χ1v) is 6.38. The second-order valence-corrected chi connectivity index (χ2v) is 4.86. The Morgan fingerprint density at radius 3 is 3.00 bits per heavy atom. The van der Waals surface area contributed by atoms with Gasteiger partial charge in [-0.2, -0.15) is 0 Å². The first kappa shape index (κ1) is 12.3. The van der Waals surface area contributed by atoms with Crippen LogP contribution in [0.3, 0.4) is 0 Å². The molecule has 5 heteroatoms. The first-order chi connectivity index (χ1) is 8.20. The number of hydrogen-bond donors (Lipinski definition) is 1. The lowest BCUT2D eigenvalue weighted by Crippen LogP contribution is -2.00. The molecule has 1 aromatic carbocycles. The van der Waals surface area contributed by atoms with E-state index in [1.807, 2.05) is 12.3 Å². The van der Waals surface area contributed by atoms with Crippen LogP contribution < -0.4 is 5.73 Å². The van der Waals surface area contributed by atoms with Crippen LogP contribution in [-0.2, 0) is 6.42 Å². The van der Waals surface area contributed by atoms with Crippen LogP contribution in [0.1, 0.15) is 17.7 Å². The van der Waals surface area contributed by atoms with E-state index in [0.717, 1.165) is 28.7 Å². The number of rotatable bonds is 4. The van der Waals surface area contributed by atoms with E-state index in [2.05, 4.69) is 45.3 Å². The molecule has 0 bridgehead atoms. The smallest absolute Gasteiger partial charge is 0.0832 e. The maximum Gasteiger partial charge on any atom is 0.0832 e. The normalized spacial score (nSPS) is 10.8. The molecule has 0 atom stereocenters. The molecule has 0 saturated carbocycles. The Bertz CT molecular complexity index is 507. The summed E-state index contributed by atoms with van der Waals surface area (Å²) in [6.45, 7) is 2.74. The van der Waals surface area contributed by atoms with Gasteiger partial charge in [-0.05, 0) is 59.9 Å². The third kappa shape index (κ3) is 2.92. The van der Waals surface area contributed by atoms with Crippen LogP contribution in [-0.4, -0.2) is 21.5 Å². The third-order valence-corrected chi connectivity index (χ3v) is 3.20. The number of aromatic nitrogens is 3. The molecule has 0 radical (unpaired) electrons. The van der Waals surface area contributed by atoms with E-state index in [9.17, 15) is 0 Å². The van der Waals surface area contributed by atoms with Crippen LogP contribution in [0.4, 0.5) is 0 Å². The van der Waals surface area contributed by atoms with Crippen molar-refractivity contribution in [1.82, 2.24) is 15.0 Å². The van der Waals surface area contributed by atoms with E-state index in [1.54, 1.807) is 4.68 Å². The molecule has 2 N–H and O–H groups in total. The maximum atomic E-state index is 5.48. The molecule has 0 unspecified atom stereocenters. The van der Waals surface area contributed by atoms with Crippen molar-refractivity contribution in [2.75, 3.05) is 6.54 Å². The molecular formula is C12H15BrN4. The summed E-state index contributed by atoms with van der Waals surface area (Å²) in [5.41, 5.74) is 8.66. The van der Waals surface area contributed by atoms with Crippen LogP contribution in [0.15, 0.2) is 28.9 Å². The van der Waals surface area contributed by atoms with Gasteiger partial charge in [-0.1, -0.05) is 11.3 Å². The van der Waals surface area contributed by atoms with Gasteiger partial charge in [-0.25, -0.2) is 4.68 Å². The van der Waals surface area contributed by atoms with Gasteiger partial charge in [0.15, 0.2) is 0 Å². The number of nitrogens with zero attached hydrogens (tertiary/aromatic N) is 3. The molecule has 0 fully saturated rings. The summed E-state index contributed by atoms with van der Waals surface area (Å²) < 4.78 is 2.81. The van der Waals surface area contributed by atoms with Crippen molar-refractivity contribution in [1.29, 1.82) is 0 Å². The van der Waals surface area contributed by atoms with Gasteiger partial charge in [0, 0.05) is 4.47 Å². The topological polar surface area (TPSA) is 56.7 Å². The van der Waals surface area contributed by atoms with Gasteiger partial charge in [0.05, 0.1) is 17.6 Å². The highest BCUT2D eigenvalue weighted by atomic mass is 79.9. The predicted octanol–water partition coefficient (Wildman–Crippen LogP) is 2.23. The molecule has 2 rings (SSSR count). The Morgan fingerprint density at radius 2 is 2.24 bits per heavy atom. The Balaban J connectivity index is 2.27. The van der Waals surface area contributed by atoms with Gasteiger partial charge in [0.2, 0.25) is 0 Å². The van der Waals surface area contributed by atoms with E-state index >= 15 is 0 Å². The van der Waals surface area contributed by atoms with E-state index in [-0.39, 0.29) is 0 Å². The summed E-state index contributed by atoms with van der Waals surface area (Å²) >= 11 is 3.52. The van der Waals surface area contributed by atoms with Gasteiger partial charge >= 0.3 is 0 Å². The van der Waals surface area contributed by atoms with Crippen LogP contribution >= 0.6 is 15.9 Å². The highest BCUT2D eigenvalue weighted by Gasteiger charge is 2.06. The standard InChI is InChI=1S/C12H15BrN4/c1-9-4-5-11(13)12(7-9)17-8-10(15-16-17)3-2-6-14/h4-5,7-8H,2-3,6,14H2,1H3. The molecule has 4 nitrogen and oxygen atoms in total. The number of aryl methyl sites for hydroxylation is 2. The lowest BCUT2D eigenvalue weighted by molar-refractivity contribution is 0.777. The lowest BCUT2D eigenvalue weighted by atomic mass is 10.2. The van der Waals surface area contributed by atoms with Crippen LogP contribution in [0.2, 0.25) is 0 Å². The van der Waals surface area contributed by atoms with Crippen LogP contribution in [0.5, 0.6) is 0 Å². The van der Waals surface area contributed by atoms with Crippen molar-refractivity contribution >= 4 is 15.9 Å². The van der Waals surface area contributed by atoms with Crippen molar-refractivity contribution in [3.05, 3.63) is 40.1 Å². The predicted molar refractivity (Wildman–Crippen MR) is 71.2 cm³/mol. The van der Waals surface area contributed by atoms with Gasteiger partial charge in [0.1, 0.15) is 0 Å². The van der Waals surface area contributed by atoms with Crippen molar-refractivity contribution in [3.63, 3.8) is 0 Å². The van der Waals surface area contributed by atoms with Gasteiger partial charge < -0.3 is 5.73 Å². The zero-order chi connectivity index (χ0) is 12.3. The fourth-order valence-corrected chi connectivity index (χ4v) is 2.04. The molecule has 2 aromatic rings. The SMILES string of the molecule is Cc1ccc(Br)c(-n2cc(CCCN)nn2)c1.